The van der Waals surface area contributed by atoms with Crippen molar-refractivity contribution in [1.82, 2.24) is 10.6 Å². The van der Waals surface area contributed by atoms with Crippen LogP contribution < -0.4 is 25.8 Å². The average Bonchev–Trinajstić information content (AvgIpc) is 2.96. The summed E-state index contributed by atoms with van der Waals surface area (Å²) in [5, 5.41) is 26.1. The van der Waals surface area contributed by atoms with Crippen LogP contribution in [0.3, 0.4) is 0 Å². The molecule has 2 atom stereocenters. The Morgan fingerprint density at radius 1 is 1.05 bits per heavy atom. The Kier molecular flexibility index (Phi) is 10.8. The van der Waals surface area contributed by atoms with Crippen LogP contribution in [0.4, 0.5) is 17.1 Å². The molecule has 5 N–H and O–H groups in total. The zero-order chi connectivity index (χ0) is 30.8. The minimum atomic E-state index is -1.21. The SMILES string of the molecule is CC(=O)Nc1ccc(C(=O)N[C@H]2CCN(C(=O)CO)c3ccccc3N(CC(=O)N[C@H](C=O)CCC(=O)O)C2=O)cc1. The molecule has 14 heteroatoms. The van der Waals surface area contributed by atoms with E-state index in [2.05, 4.69) is 16.0 Å². The van der Waals surface area contributed by atoms with Crippen LogP contribution in [-0.4, -0.2) is 83.8 Å². The maximum atomic E-state index is 13.8. The van der Waals surface area contributed by atoms with E-state index >= 15 is 0 Å². The molecule has 0 radical (unpaired) electrons. The summed E-state index contributed by atoms with van der Waals surface area (Å²) in [5.41, 5.74) is 1.03. The Bertz CT molecular complexity index is 1360. The molecule has 0 aromatic heterocycles. The van der Waals surface area contributed by atoms with Crippen molar-refractivity contribution in [3.8, 4) is 0 Å². The highest BCUT2D eigenvalue weighted by Gasteiger charge is 2.35. The van der Waals surface area contributed by atoms with Crippen molar-refractivity contribution in [2.45, 2.75) is 38.3 Å². The molecule has 14 nitrogen and oxygen atoms in total. The first-order chi connectivity index (χ1) is 20.0. The van der Waals surface area contributed by atoms with Gasteiger partial charge in [0.2, 0.25) is 17.7 Å². The topological polar surface area (TPSA) is 203 Å². The fourth-order valence-electron chi connectivity index (χ4n) is 4.37. The van der Waals surface area contributed by atoms with Crippen LogP contribution in [0.5, 0.6) is 0 Å². The van der Waals surface area contributed by atoms with Crippen molar-refractivity contribution in [2.24, 2.45) is 0 Å². The molecule has 2 aromatic rings. The van der Waals surface area contributed by atoms with Crippen LogP contribution in [0.25, 0.3) is 0 Å². The predicted molar refractivity (Wildman–Crippen MR) is 150 cm³/mol. The van der Waals surface area contributed by atoms with E-state index in [4.69, 9.17) is 5.11 Å². The lowest BCUT2D eigenvalue weighted by atomic mass is 10.1. The number of nitrogens with zero attached hydrogens (tertiary/aromatic N) is 2. The molecule has 3 rings (SSSR count). The van der Waals surface area contributed by atoms with Gasteiger partial charge < -0.3 is 35.9 Å². The zero-order valence-corrected chi connectivity index (χ0v) is 22.7. The summed E-state index contributed by atoms with van der Waals surface area (Å²) in [6.07, 6.45) is -0.200. The summed E-state index contributed by atoms with van der Waals surface area (Å²) in [7, 11) is 0. The number of amides is 5. The van der Waals surface area contributed by atoms with E-state index in [1.54, 1.807) is 12.1 Å². The number of carboxylic acids is 1. The van der Waals surface area contributed by atoms with E-state index in [1.807, 2.05) is 0 Å². The second kappa shape index (κ2) is 14.5. The van der Waals surface area contributed by atoms with Gasteiger partial charge in [-0.3, -0.25) is 33.7 Å². The summed E-state index contributed by atoms with van der Waals surface area (Å²) in [5.74, 6) is -4.20. The fourth-order valence-corrected chi connectivity index (χ4v) is 4.37. The van der Waals surface area contributed by atoms with Gasteiger partial charge in [-0.15, -0.1) is 0 Å². The molecule has 2 aromatic carbocycles. The molecule has 0 aliphatic carbocycles. The monoisotopic (exact) mass is 581 g/mol. The van der Waals surface area contributed by atoms with Crippen LogP contribution in [0.1, 0.15) is 36.5 Å². The number of carboxylic acid groups (broad SMARTS) is 1. The molecule has 0 saturated carbocycles. The van der Waals surface area contributed by atoms with Crippen molar-refractivity contribution in [3.63, 3.8) is 0 Å². The summed E-state index contributed by atoms with van der Waals surface area (Å²) in [6.45, 7) is -0.154. The Hall–Kier alpha value is -5.11. The largest absolute Gasteiger partial charge is 0.481 e. The second-order valence-electron chi connectivity index (χ2n) is 9.43. The van der Waals surface area contributed by atoms with E-state index in [0.29, 0.717) is 12.0 Å². The number of benzene rings is 2. The smallest absolute Gasteiger partial charge is 0.303 e. The number of anilines is 3. The highest BCUT2D eigenvalue weighted by Crippen LogP contribution is 2.32. The number of fused-ring (bicyclic) bond motifs is 1. The van der Waals surface area contributed by atoms with Crippen LogP contribution in [-0.2, 0) is 28.8 Å². The number of nitrogens with one attached hydrogen (secondary N) is 3. The summed E-state index contributed by atoms with van der Waals surface area (Å²) in [6, 6.07) is 9.82. The van der Waals surface area contributed by atoms with Gasteiger partial charge in [-0.1, -0.05) is 12.1 Å². The number of aliphatic carboxylic acids is 1. The van der Waals surface area contributed by atoms with Gasteiger partial charge in [0.15, 0.2) is 0 Å². The van der Waals surface area contributed by atoms with Gasteiger partial charge in [-0.25, -0.2) is 0 Å². The number of aldehydes is 1. The lowest BCUT2D eigenvalue weighted by molar-refractivity contribution is -0.137. The third-order valence-corrected chi connectivity index (χ3v) is 6.36. The van der Waals surface area contributed by atoms with Crippen LogP contribution in [0, 0.1) is 0 Å². The van der Waals surface area contributed by atoms with E-state index in [9.17, 15) is 38.7 Å². The second-order valence-corrected chi connectivity index (χ2v) is 9.43. The third-order valence-electron chi connectivity index (χ3n) is 6.36. The van der Waals surface area contributed by atoms with E-state index < -0.39 is 54.8 Å². The van der Waals surface area contributed by atoms with Crippen molar-refractivity contribution in [3.05, 3.63) is 54.1 Å². The van der Waals surface area contributed by atoms with Crippen LogP contribution in [0.2, 0.25) is 0 Å². The summed E-state index contributed by atoms with van der Waals surface area (Å²) >= 11 is 0. The van der Waals surface area contributed by atoms with Gasteiger partial charge in [0.25, 0.3) is 11.8 Å². The number of hydrogen-bond acceptors (Lipinski definition) is 8. The molecule has 1 heterocycles. The van der Waals surface area contributed by atoms with E-state index in [0.717, 1.165) is 4.90 Å². The molecule has 42 heavy (non-hydrogen) atoms. The zero-order valence-electron chi connectivity index (χ0n) is 22.7. The molecule has 0 unspecified atom stereocenters. The van der Waals surface area contributed by atoms with Crippen molar-refractivity contribution >= 4 is 58.9 Å². The average molecular weight is 582 g/mol. The Labute approximate surface area is 240 Å². The lowest BCUT2D eigenvalue weighted by Crippen LogP contribution is -2.55. The molecule has 1 aliphatic heterocycles. The van der Waals surface area contributed by atoms with Gasteiger partial charge in [0.1, 0.15) is 25.5 Å². The molecule has 0 saturated heterocycles. The molecule has 0 spiro atoms. The quantitative estimate of drug-likeness (QED) is 0.227. The molecule has 0 bridgehead atoms. The first kappa shape index (κ1) is 31.4. The van der Waals surface area contributed by atoms with Gasteiger partial charge in [-0.05, 0) is 49.2 Å². The number of carbonyl (C=O) groups is 7. The molecular weight excluding hydrogens is 550 g/mol. The van der Waals surface area contributed by atoms with Crippen molar-refractivity contribution in [1.29, 1.82) is 0 Å². The maximum absolute atomic E-state index is 13.8. The molecule has 222 valence electrons. The maximum Gasteiger partial charge on any atom is 0.303 e. The van der Waals surface area contributed by atoms with Crippen molar-refractivity contribution in [2.75, 3.05) is 34.8 Å². The summed E-state index contributed by atoms with van der Waals surface area (Å²) in [4.78, 5) is 88.4. The number of rotatable bonds is 11. The van der Waals surface area contributed by atoms with Crippen molar-refractivity contribution < 1.29 is 43.8 Å². The minimum absolute atomic E-state index is 0.0446. The normalized spacial score (nSPS) is 15.4. The van der Waals surface area contributed by atoms with Gasteiger partial charge in [0.05, 0.1) is 17.4 Å². The van der Waals surface area contributed by atoms with E-state index in [1.165, 1.54) is 48.2 Å². The van der Waals surface area contributed by atoms with Gasteiger partial charge in [0, 0.05) is 31.1 Å². The first-order valence-electron chi connectivity index (χ1n) is 13.0. The standard InChI is InChI=1S/C28H31N5O9/c1-17(36)29-19-8-6-18(7-9-19)27(41)31-21-12-13-32(25(38)16-35)22-4-2-3-5-23(22)33(28(21)42)14-24(37)30-20(15-34)10-11-26(39)40/h2-9,15,20-21,35H,10-14,16H2,1H3,(H,29,36)(H,30,37)(H,31,41)(H,39,40)/t20-,21-/m0/s1. The van der Waals surface area contributed by atoms with E-state index in [-0.39, 0.29) is 48.7 Å². The number of carbonyl (C=O) groups excluding carboxylic acids is 6. The number of aliphatic hydroxyl groups is 1. The Morgan fingerprint density at radius 3 is 2.31 bits per heavy atom. The fraction of sp³-hybridized carbons (Fsp3) is 0.321. The number of para-hydroxylation sites is 2. The number of aliphatic hydroxyl groups excluding tert-OH is 1. The first-order valence-corrected chi connectivity index (χ1v) is 13.0. The highest BCUT2D eigenvalue weighted by atomic mass is 16.4. The highest BCUT2D eigenvalue weighted by molar-refractivity contribution is 6.09. The Balaban J connectivity index is 1.92. The molecular formula is C28H31N5O9. The predicted octanol–water partition coefficient (Wildman–Crippen LogP) is 0.0541. The third kappa shape index (κ3) is 8.20. The minimum Gasteiger partial charge on any atom is -0.481 e. The summed E-state index contributed by atoms with van der Waals surface area (Å²) < 4.78 is 0. The molecule has 1 aliphatic rings. The Morgan fingerprint density at radius 2 is 1.71 bits per heavy atom. The van der Waals surface area contributed by atoms with Crippen LogP contribution >= 0.6 is 0 Å². The number of hydrogen-bond donors (Lipinski definition) is 5. The lowest BCUT2D eigenvalue weighted by Gasteiger charge is -2.35. The van der Waals surface area contributed by atoms with Crippen LogP contribution in [0.15, 0.2) is 48.5 Å². The molecule has 5 amide bonds. The molecule has 0 fully saturated rings. The van der Waals surface area contributed by atoms with Gasteiger partial charge in [-0.2, -0.15) is 0 Å². The van der Waals surface area contributed by atoms with Gasteiger partial charge >= 0.3 is 5.97 Å².